The van der Waals surface area contributed by atoms with E-state index in [1.54, 1.807) is 0 Å². The van der Waals surface area contributed by atoms with Crippen LogP contribution in [0.15, 0.2) is 54.6 Å². The Morgan fingerprint density at radius 2 is 1.70 bits per heavy atom. The van der Waals surface area contributed by atoms with Crippen molar-refractivity contribution in [2.24, 2.45) is 0 Å². The minimum absolute atomic E-state index is 0.764. The Kier molecular flexibility index (Phi) is 5.13. The van der Waals surface area contributed by atoms with Gasteiger partial charge in [-0.1, -0.05) is 48.0 Å². The molecule has 1 N–H and O–H groups in total. The second kappa shape index (κ2) is 7.06. The molecule has 0 radical (unpaired) electrons. The molecule has 0 aliphatic carbocycles. The summed E-state index contributed by atoms with van der Waals surface area (Å²) in [5, 5.41) is 4.00. The van der Waals surface area contributed by atoms with Crippen LogP contribution in [0.4, 0.5) is 5.69 Å². The molecule has 3 heteroatoms. The van der Waals surface area contributed by atoms with E-state index in [0.717, 1.165) is 23.9 Å². The minimum atomic E-state index is 0.764. The van der Waals surface area contributed by atoms with Gasteiger partial charge >= 0.3 is 0 Å². The van der Waals surface area contributed by atoms with Crippen LogP contribution in [0.3, 0.4) is 0 Å². The summed E-state index contributed by atoms with van der Waals surface area (Å²) in [6.07, 6.45) is 0. The molecule has 2 nitrogen and oxygen atoms in total. The van der Waals surface area contributed by atoms with Crippen LogP contribution in [0.25, 0.3) is 0 Å². The molecule has 0 heterocycles. The van der Waals surface area contributed by atoms with Crippen LogP contribution in [-0.2, 0) is 6.54 Å². The maximum atomic E-state index is 5.50. The van der Waals surface area contributed by atoms with Gasteiger partial charge in [0.25, 0.3) is 0 Å². The van der Waals surface area contributed by atoms with Gasteiger partial charge in [0.2, 0.25) is 0 Å². The van der Waals surface area contributed by atoms with E-state index in [9.17, 15) is 0 Å². The average molecular weight is 284 g/mol. The Bertz CT molecular complexity index is 549. The normalized spacial score (nSPS) is 10.1. The maximum absolute atomic E-state index is 5.50. The van der Waals surface area contributed by atoms with Gasteiger partial charge in [0.1, 0.15) is 0 Å². The summed E-state index contributed by atoms with van der Waals surface area (Å²) in [6.45, 7) is 5.75. The third kappa shape index (κ3) is 3.81. The Hall–Kier alpha value is -1.87. The molecule has 0 aromatic heterocycles. The van der Waals surface area contributed by atoms with Crippen LogP contribution in [0, 0.1) is 6.92 Å². The molecule has 2 aromatic rings. The van der Waals surface area contributed by atoms with E-state index in [1.165, 1.54) is 11.1 Å². The van der Waals surface area contributed by atoms with E-state index in [1.807, 2.05) is 6.07 Å². The largest absolute Gasteiger partial charge is 0.363 e. The molecule has 0 spiro atoms. The molecule has 0 saturated carbocycles. The predicted octanol–water partition coefficient (Wildman–Crippen LogP) is 3.90. The molecule has 2 rings (SSSR count). The molecule has 0 unspecified atom stereocenters. The molecule has 104 valence electrons. The van der Waals surface area contributed by atoms with E-state index in [0.29, 0.717) is 0 Å². The van der Waals surface area contributed by atoms with Crippen molar-refractivity contribution in [1.82, 2.24) is 5.32 Å². The number of benzene rings is 2. The average Bonchev–Trinajstić information content (AvgIpc) is 2.47. The summed E-state index contributed by atoms with van der Waals surface area (Å²) in [6, 6.07) is 18.8. The molecule has 2 aromatic carbocycles. The lowest BCUT2D eigenvalue weighted by Crippen LogP contribution is -2.39. The van der Waals surface area contributed by atoms with Crippen molar-refractivity contribution in [2.45, 2.75) is 20.4 Å². The van der Waals surface area contributed by atoms with Gasteiger partial charge in [-0.3, -0.25) is 0 Å². The zero-order valence-electron chi connectivity index (χ0n) is 12.0. The SMILES string of the molecule is CCNC(=S)N(Cc1ccccc1)c1ccc(C)cc1. The lowest BCUT2D eigenvalue weighted by molar-refractivity contribution is 0.911. The minimum Gasteiger partial charge on any atom is -0.363 e. The molecule has 0 atom stereocenters. The second-order valence-electron chi connectivity index (χ2n) is 4.74. The zero-order chi connectivity index (χ0) is 14.4. The Morgan fingerprint density at radius 3 is 2.30 bits per heavy atom. The van der Waals surface area contributed by atoms with Crippen LogP contribution < -0.4 is 10.2 Å². The Balaban J connectivity index is 2.25. The summed E-state index contributed by atoms with van der Waals surface area (Å²) in [5.41, 5.74) is 3.61. The maximum Gasteiger partial charge on any atom is 0.173 e. The van der Waals surface area contributed by atoms with Crippen molar-refractivity contribution >= 4 is 23.0 Å². The first kappa shape index (κ1) is 14.5. The van der Waals surface area contributed by atoms with Crippen molar-refractivity contribution in [3.63, 3.8) is 0 Å². The highest BCUT2D eigenvalue weighted by atomic mass is 32.1. The molecular weight excluding hydrogens is 264 g/mol. The topological polar surface area (TPSA) is 15.3 Å². The monoisotopic (exact) mass is 284 g/mol. The quantitative estimate of drug-likeness (QED) is 0.857. The first-order valence-electron chi connectivity index (χ1n) is 6.86. The Labute approximate surface area is 126 Å². The van der Waals surface area contributed by atoms with Gasteiger partial charge in [0.15, 0.2) is 5.11 Å². The standard InChI is InChI=1S/C17H20N2S/c1-3-18-17(20)19(13-15-7-5-4-6-8-15)16-11-9-14(2)10-12-16/h4-12H,3,13H2,1-2H3,(H,18,20). The molecule has 0 fully saturated rings. The predicted molar refractivity (Wildman–Crippen MR) is 90.1 cm³/mol. The van der Waals surface area contributed by atoms with E-state index >= 15 is 0 Å². The van der Waals surface area contributed by atoms with Gasteiger partial charge in [-0.05, 0) is 43.8 Å². The Morgan fingerprint density at radius 1 is 1.05 bits per heavy atom. The van der Waals surface area contributed by atoms with E-state index in [2.05, 4.69) is 72.6 Å². The van der Waals surface area contributed by atoms with Gasteiger partial charge in [-0.25, -0.2) is 0 Å². The smallest absolute Gasteiger partial charge is 0.173 e. The number of aryl methyl sites for hydroxylation is 1. The van der Waals surface area contributed by atoms with Crippen molar-refractivity contribution in [1.29, 1.82) is 0 Å². The van der Waals surface area contributed by atoms with E-state index in [4.69, 9.17) is 12.2 Å². The summed E-state index contributed by atoms with van der Waals surface area (Å²) in [7, 11) is 0. The first-order valence-corrected chi connectivity index (χ1v) is 7.27. The summed E-state index contributed by atoms with van der Waals surface area (Å²) in [5.74, 6) is 0. The summed E-state index contributed by atoms with van der Waals surface area (Å²) in [4.78, 5) is 2.13. The number of hydrogen-bond acceptors (Lipinski definition) is 1. The number of anilines is 1. The number of hydrogen-bond donors (Lipinski definition) is 1. The van der Waals surface area contributed by atoms with Crippen LogP contribution in [-0.4, -0.2) is 11.7 Å². The van der Waals surface area contributed by atoms with Crippen LogP contribution in [0.1, 0.15) is 18.1 Å². The van der Waals surface area contributed by atoms with Crippen molar-refractivity contribution in [3.8, 4) is 0 Å². The van der Waals surface area contributed by atoms with Gasteiger partial charge in [-0.15, -0.1) is 0 Å². The van der Waals surface area contributed by atoms with Gasteiger partial charge in [-0.2, -0.15) is 0 Å². The molecule has 0 aliphatic rings. The van der Waals surface area contributed by atoms with Crippen molar-refractivity contribution < 1.29 is 0 Å². The zero-order valence-corrected chi connectivity index (χ0v) is 12.8. The molecule has 0 saturated heterocycles. The summed E-state index contributed by atoms with van der Waals surface area (Å²) < 4.78 is 0. The molecule has 0 amide bonds. The molecule has 0 aliphatic heterocycles. The van der Waals surface area contributed by atoms with Gasteiger partial charge in [0.05, 0.1) is 6.54 Å². The van der Waals surface area contributed by atoms with Crippen LogP contribution >= 0.6 is 12.2 Å². The fourth-order valence-corrected chi connectivity index (χ4v) is 2.33. The van der Waals surface area contributed by atoms with Crippen molar-refractivity contribution in [3.05, 3.63) is 65.7 Å². The molecule has 20 heavy (non-hydrogen) atoms. The fraction of sp³-hybridized carbons (Fsp3) is 0.235. The number of thiocarbonyl (C=S) groups is 1. The number of nitrogens with zero attached hydrogens (tertiary/aromatic N) is 1. The second-order valence-corrected chi connectivity index (χ2v) is 5.13. The van der Waals surface area contributed by atoms with E-state index < -0.39 is 0 Å². The molecule has 0 bridgehead atoms. The highest BCUT2D eigenvalue weighted by Crippen LogP contribution is 2.18. The van der Waals surface area contributed by atoms with E-state index in [-0.39, 0.29) is 0 Å². The van der Waals surface area contributed by atoms with Crippen LogP contribution in [0.2, 0.25) is 0 Å². The van der Waals surface area contributed by atoms with Gasteiger partial charge < -0.3 is 10.2 Å². The van der Waals surface area contributed by atoms with Crippen molar-refractivity contribution in [2.75, 3.05) is 11.4 Å². The lowest BCUT2D eigenvalue weighted by Gasteiger charge is -2.26. The highest BCUT2D eigenvalue weighted by Gasteiger charge is 2.11. The summed E-state index contributed by atoms with van der Waals surface area (Å²) >= 11 is 5.50. The number of nitrogens with one attached hydrogen (secondary N) is 1. The third-order valence-electron chi connectivity index (χ3n) is 3.10. The first-order chi connectivity index (χ1) is 9.70. The van der Waals surface area contributed by atoms with Crippen LogP contribution in [0.5, 0.6) is 0 Å². The number of rotatable bonds is 4. The third-order valence-corrected chi connectivity index (χ3v) is 3.47. The van der Waals surface area contributed by atoms with Gasteiger partial charge in [0, 0.05) is 12.2 Å². The lowest BCUT2D eigenvalue weighted by atomic mass is 10.2. The fourth-order valence-electron chi connectivity index (χ4n) is 2.02. The molecular formula is C17H20N2S. The highest BCUT2D eigenvalue weighted by molar-refractivity contribution is 7.80.